The summed E-state index contributed by atoms with van der Waals surface area (Å²) in [6, 6.07) is -0.452. The highest BCUT2D eigenvalue weighted by Gasteiger charge is 2.02. The molecule has 0 aromatic heterocycles. The predicted octanol–water partition coefficient (Wildman–Crippen LogP) is -0.0927. The van der Waals surface area contributed by atoms with Gasteiger partial charge < -0.3 is 14.8 Å². The third-order valence-corrected chi connectivity index (χ3v) is 1.10. The molecule has 13 heavy (non-hydrogen) atoms. The summed E-state index contributed by atoms with van der Waals surface area (Å²) < 4.78 is 8.60. The van der Waals surface area contributed by atoms with Crippen molar-refractivity contribution in [2.75, 3.05) is 14.2 Å². The third kappa shape index (κ3) is 5.56. The van der Waals surface area contributed by atoms with Gasteiger partial charge in [0.25, 0.3) is 0 Å². The van der Waals surface area contributed by atoms with Gasteiger partial charge in [0.1, 0.15) is 0 Å². The number of carbonyl (C=O) groups is 2. The normalized spacial score (nSPS) is 10.4. The molecule has 0 rings (SSSR count). The van der Waals surface area contributed by atoms with E-state index in [-0.39, 0.29) is 0 Å². The first-order valence-corrected chi connectivity index (χ1v) is 3.54. The van der Waals surface area contributed by atoms with E-state index in [1.165, 1.54) is 14.2 Å². The Morgan fingerprint density at radius 2 is 1.92 bits per heavy atom. The second-order valence-corrected chi connectivity index (χ2v) is 2.12. The van der Waals surface area contributed by atoms with Crippen molar-refractivity contribution in [1.29, 1.82) is 0 Å². The minimum atomic E-state index is -0.640. The van der Waals surface area contributed by atoms with Crippen LogP contribution >= 0.6 is 0 Å². The minimum absolute atomic E-state index is 0.452. The molecule has 0 bridgehead atoms. The van der Waals surface area contributed by atoms with E-state index in [1.807, 2.05) is 0 Å². The van der Waals surface area contributed by atoms with Crippen LogP contribution in [0.2, 0.25) is 0 Å². The first-order valence-electron chi connectivity index (χ1n) is 3.54. The van der Waals surface area contributed by atoms with E-state index in [9.17, 15) is 9.59 Å². The summed E-state index contributed by atoms with van der Waals surface area (Å²) in [5, 5.41) is 2.37. The molecule has 1 amide bonds. The Labute approximate surface area is 76.4 Å². The van der Waals surface area contributed by atoms with Gasteiger partial charge in [-0.3, -0.25) is 0 Å². The molecule has 0 aliphatic heterocycles. The summed E-state index contributed by atoms with van der Waals surface area (Å²) in [7, 11) is 2.48. The van der Waals surface area contributed by atoms with Crippen LogP contribution in [-0.2, 0) is 14.3 Å². The molecule has 0 radical (unpaired) electrons. The van der Waals surface area contributed by atoms with Crippen LogP contribution < -0.4 is 5.32 Å². The lowest BCUT2D eigenvalue weighted by molar-refractivity contribution is -0.133. The van der Waals surface area contributed by atoms with Crippen LogP contribution in [0.15, 0.2) is 0 Å². The van der Waals surface area contributed by atoms with Gasteiger partial charge >= 0.3 is 12.1 Å². The van der Waals surface area contributed by atoms with Crippen molar-refractivity contribution in [3.8, 4) is 11.8 Å². The van der Waals surface area contributed by atoms with Crippen molar-refractivity contribution in [1.82, 2.24) is 5.32 Å². The lowest BCUT2D eigenvalue weighted by atomic mass is 10.3. The number of methoxy groups -OCH3 is 2. The zero-order chi connectivity index (χ0) is 10.3. The van der Waals surface area contributed by atoms with E-state index in [0.29, 0.717) is 0 Å². The molecule has 0 fully saturated rings. The average Bonchev–Trinajstić information content (AvgIpc) is 2.13. The Hall–Kier alpha value is -1.70. The van der Waals surface area contributed by atoms with Gasteiger partial charge in [-0.2, -0.15) is 0 Å². The zero-order valence-corrected chi connectivity index (χ0v) is 7.71. The van der Waals surface area contributed by atoms with E-state index in [0.717, 1.165) is 0 Å². The van der Waals surface area contributed by atoms with E-state index in [4.69, 9.17) is 0 Å². The molecule has 0 saturated heterocycles. The number of esters is 1. The summed E-state index contributed by atoms with van der Waals surface area (Å²) in [5.74, 6) is 4.00. The Morgan fingerprint density at radius 3 is 2.38 bits per heavy atom. The molecule has 0 aliphatic rings. The lowest BCUT2D eigenvalue weighted by Gasteiger charge is -2.04. The van der Waals surface area contributed by atoms with Crippen molar-refractivity contribution in [3.63, 3.8) is 0 Å². The second-order valence-electron chi connectivity index (χ2n) is 2.12. The van der Waals surface area contributed by atoms with E-state index >= 15 is 0 Å². The third-order valence-electron chi connectivity index (χ3n) is 1.10. The van der Waals surface area contributed by atoms with E-state index in [2.05, 4.69) is 26.6 Å². The maximum absolute atomic E-state index is 10.6. The molecule has 0 heterocycles. The fourth-order valence-corrected chi connectivity index (χ4v) is 0.490. The van der Waals surface area contributed by atoms with Gasteiger partial charge in [-0.15, -0.1) is 0 Å². The van der Waals surface area contributed by atoms with Crippen LogP contribution in [0.3, 0.4) is 0 Å². The van der Waals surface area contributed by atoms with Gasteiger partial charge in [-0.05, 0) is 6.92 Å². The molecule has 0 aromatic rings. The van der Waals surface area contributed by atoms with Crippen LogP contribution in [0.25, 0.3) is 0 Å². The standard InChI is InChI=1S/C8H11NO4/c1-6(9-8(11)13-3)4-5-7(10)12-2/h6H,1-3H3,(H,9,11)/t6-/m0/s1. The summed E-state index contributed by atoms with van der Waals surface area (Å²) in [6.07, 6.45) is -0.591. The number of carbonyl (C=O) groups excluding carboxylic acids is 2. The topological polar surface area (TPSA) is 64.6 Å². The predicted molar refractivity (Wildman–Crippen MR) is 44.8 cm³/mol. The molecular formula is C8H11NO4. The molecule has 72 valence electrons. The van der Waals surface area contributed by atoms with Gasteiger partial charge in [0.05, 0.1) is 20.3 Å². The fourth-order valence-electron chi connectivity index (χ4n) is 0.490. The van der Waals surface area contributed by atoms with E-state index < -0.39 is 18.1 Å². The molecule has 1 N–H and O–H groups in total. The molecule has 0 saturated carbocycles. The number of nitrogens with one attached hydrogen (secondary N) is 1. The van der Waals surface area contributed by atoms with E-state index in [1.54, 1.807) is 6.92 Å². The number of hydrogen-bond acceptors (Lipinski definition) is 4. The summed E-state index contributed by atoms with van der Waals surface area (Å²) in [6.45, 7) is 1.62. The van der Waals surface area contributed by atoms with Gasteiger partial charge in [-0.1, -0.05) is 5.92 Å². The largest absolute Gasteiger partial charge is 0.459 e. The van der Waals surface area contributed by atoms with Gasteiger partial charge in [0.2, 0.25) is 0 Å². The van der Waals surface area contributed by atoms with Gasteiger partial charge in [-0.25, -0.2) is 9.59 Å². The smallest absolute Gasteiger partial charge is 0.407 e. The first kappa shape index (κ1) is 11.3. The van der Waals surface area contributed by atoms with Crippen molar-refractivity contribution < 1.29 is 19.1 Å². The molecule has 1 atom stereocenters. The molecule has 5 nitrogen and oxygen atoms in total. The highest BCUT2D eigenvalue weighted by atomic mass is 16.5. The molecular weight excluding hydrogens is 174 g/mol. The number of ether oxygens (including phenoxy) is 2. The van der Waals surface area contributed by atoms with Crippen LogP contribution in [-0.4, -0.2) is 32.3 Å². The lowest BCUT2D eigenvalue weighted by Crippen LogP contribution is -2.31. The Bertz CT molecular complexity index is 251. The van der Waals surface area contributed by atoms with Crippen LogP contribution in [0.1, 0.15) is 6.92 Å². The van der Waals surface area contributed by atoms with Gasteiger partial charge in [0, 0.05) is 5.92 Å². The Balaban J connectivity index is 3.97. The highest BCUT2D eigenvalue weighted by Crippen LogP contribution is 1.80. The van der Waals surface area contributed by atoms with Gasteiger partial charge in [0.15, 0.2) is 0 Å². The highest BCUT2D eigenvalue weighted by molar-refractivity contribution is 5.88. The number of alkyl carbamates (subject to hydrolysis) is 1. The summed E-state index contributed by atoms with van der Waals surface area (Å²) in [5.41, 5.74) is 0. The molecule has 0 aliphatic carbocycles. The van der Waals surface area contributed by atoms with Crippen molar-refractivity contribution in [3.05, 3.63) is 0 Å². The quantitative estimate of drug-likeness (QED) is 0.352. The summed E-state index contributed by atoms with van der Waals surface area (Å²) in [4.78, 5) is 21.2. The second kappa shape index (κ2) is 5.89. The first-order chi connectivity index (χ1) is 6.10. The Kier molecular flexibility index (Phi) is 5.12. The SMILES string of the molecule is COC(=O)C#C[C@H](C)NC(=O)OC. The zero-order valence-electron chi connectivity index (χ0n) is 7.71. The number of hydrogen-bond donors (Lipinski definition) is 1. The fraction of sp³-hybridized carbons (Fsp3) is 0.500. The van der Waals surface area contributed by atoms with Crippen LogP contribution in [0, 0.1) is 11.8 Å². The van der Waals surface area contributed by atoms with Crippen molar-refractivity contribution >= 4 is 12.1 Å². The Morgan fingerprint density at radius 1 is 1.31 bits per heavy atom. The molecule has 0 spiro atoms. The maximum Gasteiger partial charge on any atom is 0.407 e. The van der Waals surface area contributed by atoms with Crippen molar-refractivity contribution in [2.45, 2.75) is 13.0 Å². The minimum Gasteiger partial charge on any atom is -0.459 e. The number of rotatable bonds is 1. The maximum atomic E-state index is 10.6. The average molecular weight is 185 g/mol. The van der Waals surface area contributed by atoms with Crippen molar-refractivity contribution in [2.24, 2.45) is 0 Å². The number of amides is 1. The van der Waals surface area contributed by atoms with Crippen LogP contribution in [0.5, 0.6) is 0 Å². The molecule has 0 unspecified atom stereocenters. The summed E-state index contributed by atoms with van der Waals surface area (Å²) >= 11 is 0. The van der Waals surface area contributed by atoms with Crippen LogP contribution in [0.4, 0.5) is 4.79 Å². The molecule has 5 heteroatoms. The monoisotopic (exact) mass is 185 g/mol. The molecule has 0 aromatic carbocycles.